The maximum Gasteiger partial charge on any atom is 0.150 e. The predicted molar refractivity (Wildman–Crippen MR) is 54.2 cm³/mol. The van der Waals surface area contributed by atoms with E-state index >= 15 is 0 Å². The molecule has 0 bridgehead atoms. The highest BCUT2D eigenvalue weighted by atomic mass is 16.6. The molecule has 3 aliphatic carbocycles. The maximum absolute atomic E-state index is 6.08. The minimum Gasteiger partial charge on any atom is -0.491 e. The molecular formula is C14H8O2. The first kappa shape index (κ1) is 7.54. The Kier molecular flexibility index (Phi) is 0.948. The smallest absolute Gasteiger partial charge is 0.150 e. The Bertz CT molecular complexity index is 465. The maximum atomic E-state index is 6.08. The van der Waals surface area contributed by atoms with Crippen LogP contribution in [0.2, 0.25) is 0 Å². The van der Waals surface area contributed by atoms with Crippen molar-refractivity contribution in [3.63, 3.8) is 0 Å². The summed E-state index contributed by atoms with van der Waals surface area (Å²) in [6.07, 6.45) is 10.3. The molecule has 2 saturated heterocycles. The minimum atomic E-state index is 0.147. The van der Waals surface area contributed by atoms with Gasteiger partial charge in [0.2, 0.25) is 0 Å². The van der Waals surface area contributed by atoms with Gasteiger partial charge in [0.1, 0.15) is 18.3 Å². The standard InChI is InChI=1S/C14H8O2/c1-2-5-6(3-1)12-10-7-4-8-11(9(5)7)14(16-12)13(10)15-8/h1,3-4,9,11,13H,2H2. The zero-order valence-corrected chi connectivity index (χ0v) is 8.49. The Labute approximate surface area is 94.3 Å². The molecule has 0 spiro atoms. The molecule has 0 amide bonds. The van der Waals surface area contributed by atoms with Gasteiger partial charge in [0.05, 0.1) is 17.6 Å². The second-order valence-corrected chi connectivity index (χ2v) is 5.25. The average molecular weight is 208 g/mol. The van der Waals surface area contributed by atoms with Crippen LogP contribution in [0.1, 0.15) is 6.42 Å². The van der Waals surface area contributed by atoms with Crippen LogP contribution in [0.5, 0.6) is 0 Å². The first-order chi connectivity index (χ1) is 7.93. The Morgan fingerprint density at radius 3 is 3.25 bits per heavy atom. The zero-order chi connectivity index (χ0) is 10.0. The van der Waals surface area contributed by atoms with Crippen molar-refractivity contribution < 1.29 is 9.47 Å². The van der Waals surface area contributed by atoms with E-state index in [1.165, 1.54) is 23.9 Å². The molecule has 0 N–H and O–H groups in total. The molecule has 16 heavy (non-hydrogen) atoms. The lowest BCUT2D eigenvalue weighted by atomic mass is 9.56. The van der Waals surface area contributed by atoms with Crippen LogP contribution >= 0.6 is 0 Å². The van der Waals surface area contributed by atoms with Gasteiger partial charge in [-0.15, -0.1) is 0 Å². The van der Waals surface area contributed by atoms with E-state index in [1.807, 2.05) is 0 Å². The van der Waals surface area contributed by atoms with Crippen molar-refractivity contribution in [3.05, 3.63) is 59.9 Å². The highest BCUT2D eigenvalue weighted by molar-refractivity contribution is 5.72. The van der Waals surface area contributed by atoms with Crippen molar-refractivity contribution in [1.29, 1.82) is 0 Å². The number of hydrogen-bond donors (Lipinski definition) is 0. The van der Waals surface area contributed by atoms with Crippen LogP contribution in [-0.4, -0.2) is 6.10 Å². The molecule has 76 valence electrons. The summed E-state index contributed by atoms with van der Waals surface area (Å²) >= 11 is 0. The van der Waals surface area contributed by atoms with Gasteiger partial charge in [-0.25, -0.2) is 0 Å². The fraction of sp³-hybridized carbons (Fsp3) is 0.286. The van der Waals surface area contributed by atoms with E-state index in [0.29, 0.717) is 11.8 Å². The quantitative estimate of drug-likeness (QED) is 0.566. The molecule has 2 nitrogen and oxygen atoms in total. The highest BCUT2D eigenvalue weighted by Gasteiger charge is 2.76. The number of allylic oxidation sites excluding steroid dienone is 2. The van der Waals surface area contributed by atoms with Crippen LogP contribution < -0.4 is 0 Å². The molecule has 0 aromatic rings. The molecular weight excluding hydrogens is 200 g/mol. The zero-order valence-electron chi connectivity index (χ0n) is 8.49. The normalized spacial score (nSPS) is 49.8. The number of ether oxygens (including phenoxy) is 2. The fourth-order valence-corrected chi connectivity index (χ4v) is 4.21. The van der Waals surface area contributed by atoms with E-state index in [1.54, 1.807) is 5.92 Å². The second kappa shape index (κ2) is 2.01. The van der Waals surface area contributed by atoms with E-state index in [-0.39, 0.29) is 6.10 Å². The summed E-state index contributed by atoms with van der Waals surface area (Å²) in [5, 5.41) is 0. The van der Waals surface area contributed by atoms with Crippen molar-refractivity contribution in [3.8, 4) is 0 Å². The third-order valence-corrected chi connectivity index (χ3v) is 4.72. The summed E-state index contributed by atoms with van der Waals surface area (Å²) in [5.41, 5.74) is 0. The number of fused-ring (bicyclic) bond motifs is 11. The van der Waals surface area contributed by atoms with Crippen molar-refractivity contribution >= 4 is 0 Å². The molecule has 3 atom stereocenters. The summed E-state index contributed by atoms with van der Waals surface area (Å²) in [5.74, 6) is 7.86. The minimum absolute atomic E-state index is 0.147. The highest BCUT2D eigenvalue weighted by Crippen LogP contribution is 2.77. The molecule has 3 unspecified atom stereocenters. The van der Waals surface area contributed by atoms with Crippen molar-refractivity contribution in [2.24, 2.45) is 11.8 Å². The topological polar surface area (TPSA) is 18.5 Å². The van der Waals surface area contributed by atoms with E-state index in [4.69, 9.17) is 9.47 Å². The SMILES string of the molecule is C1=C[C]2[C]3O[C]4C5OC6=C[C]([C]35)C([C]2C1)C46. The summed E-state index contributed by atoms with van der Waals surface area (Å²) in [4.78, 5) is 0. The van der Waals surface area contributed by atoms with E-state index in [2.05, 4.69) is 18.2 Å². The van der Waals surface area contributed by atoms with Crippen LogP contribution in [-0.2, 0) is 9.47 Å². The van der Waals surface area contributed by atoms with Crippen LogP contribution in [0.3, 0.4) is 0 Å². The third kappa shape index (κ3) is 0.529. The predicted octanol–water partition coefficient (Wildman–Crippen LogP) is 1.89. The van der Waals surface area contributed by atoms with E-state index < -0.39 is 0 Å². The Morgan fingerprint density at radius 2 is 2.25 bits per heavy atom. The van der Waals surface area contributed by atoms with Crippen LogP contribution in [0.4, 0.5) is 0 Å². The van der Waals surface area contributed by atoms with Gasteiger partial charge < -0.3 is 9.47 Å². The third-order valence-electron chi connectivity index (χ3n) is 4.72. The van der Waals surface area contributed by atoms with Crippen molar-refractivity contribution in [1.82, 2.24) is 0 Å². The molecule has 5 rings (SSSR count). The summed E-state index contributed by atoms with van der Waals surface area (Å²) in [6.45, 7) is 0. The van der Waals surface area contributed by atoms with Gasteiger partial charge in [-0.05, 0) is 24.3 Å². The molecule has 2 heterocycles. The largest absolute Gasteiger partial charge is 0.491 e. The van der Waals surface area contributed by atoms with Gasteiger partial charge in [-0.1, -0.05) is 12.2 Å². The van der Waals surface area contributed by atoms with Gasteiger partial charge in [-0.3, -0.25) is 0 Å². The van der Waals surface area contributed by atoms with Gasteiger partial charge in [0.25, 0.3) is 0 Å². The monoisotopic (exact) mass is 208 g/mol. The van der Waals surface area contributed by atoms with Crippen LogP contribution in [0, 0.1) is 47.7 Å². The molecule has 3 fully saturated rings. The molecule has 5 aliphatic rings. The van der Waals surface area contributed by atoms with Crippen LogP contribution in [0.25, 0.3) is 0 Å². The van der Waals surface area contributed by atoms with Gasteiger partial charge >= 0.3 is 0 Å². The lowest BCUT2D eigenvalue weighted by molar-refractivity contribution is 0.149. The Hall–Kier alpha value is -0.760. The number of hydrogen-bond acceptors (Lipinski definition) is 2. The lowest BCUT2D eigenvalue weighted by Crippen LogP contribution is -2.43. The van der Waals surface area contributed by atoms with Crippen LogP contribution in [0.15, 0.2) is 24.0 Å². The van der Waals surface area contributed by atoms with Gasteiger partial charge in [0.15, 0.2) is 0 Å². The molecule has 2 aliphatic heterocycles. The molecule has 0 aromatic carbocycles. The van der Waals surface area contributed by atoms with Crippen molar-refractivity contribution in [2.75, 3.05) is 0 Å². The van der Waals surface area contributed by atoms with Gasteiger partial charge in [-0.2, -0.15) is 0 Å². The molecule has 2 heteroatoms. The Balaban J connectivity index is 1.66. The summed E-state index contributed by atoms with van der Waals surface area (Å²) in [7, 11) is 0. The van der Waals surface area contributed by atoms with E-state index in [9.17, 15) is 0 Å². The Morgan fingerprint density at radius 1 is 1.25 bits per heavy atom. The van der Waals surface area contributed by atoms with Gasteiger partial charge in [0, 0.05) is 11.8 Å². The van der Waals surface area contributed by atoms with Crippen molar-refractivity contribution in [2.45, 2.75) is 12.5 Å². The first-order valence-electron chi connectivity index (χ1n) is 5.87. The fourth-order valence-electron chi connectivity index (χ4n) is 4.21. The molecule has 6 radical (unpaired) electrons. The molecule has 1 saturated carbocycles. The number of rotatable bonds is 0. The summed E-state index contributed by atoms with van der Waals surface area (Å²) < 4.78 is 12.0. The molecule has 0 aromatic heterocycles. The average Bonchev–Trinajstić information content (AvgIpc) is 2.91. The van der Waals surface area contributed by atoms with E-state index in [0.717, 1.165) is 18.3 Å². The second-order valence-electron chi connectivity index (χ2n) is 5.25. The lowest BCUT2D eigenvalue weighted by Gasteiger charge is -2.43. The first-order valence-corrected chi connectivity index (χ1v) is 5.87. The summed E-state index contributed by atoms with van der Waals surface area (Å²) in [6, 6.07) is 0.